The molecule has 248 valence electrons. The van der Waals surface area contributed by atoms with Crippen LogP contribution in [0.1, 0.15) is 0 Å². The monoisotopic (exact) mass is 702 g/mol. The third-order valence-electron chi connectivity index (χ3n) is 9.31. The molecule has 2 heterocycles. The average molecular weight is 703 g/mol. The number of nitrogens with zero attached hydrogens (tertiary/aromatic N) is 2. The van der Waals surface area contributed by atoms with Gasteiger partial charge in [0.05, 0.1) is 0 Å². The number of anilines is 6. The van der Waals surface area contributed by atoms with Gasteiger partial charge < -0.3 is 9.80 Å². The summed E-state index contributed by atoms with van der Waals surface area (Å²) in [6, 6.07) is 73.8. The smallest absolute Gasteiger partial charge is 0.0468 e. The lowest BCUT2D eigenvalue weighted by atomic mass is 10.1. The third-order valence-corrected chi connectivity index (χ3v) is 11.8. The Morgan fingerprint density at radius 2 is 0.596 bits per heavy atom. The molecular formula is C48H34N2S2. The first-order chi connectivity index (χ1) is 25.8. The lowest BCUT2D eigenvalue weighted by Crippen LogP contribution is -2.09. The Hall–Kier alpha value is -6.20. The van der Waals surface area contributed by atoms with Crippen LogP contribution in [0.25, 0.3) is 41.4 Å². The number of benzene rings is 7. The predicted molar refractivity (Wildman–Crippen MR) is 225 cm³/mol. The van der Waals surface area contributed by atoms with Crippen LogP contribution in [0.5, 0.6) is 0 Å². The first kappa shape index (κ1) is 31.8. The van der Waals surface area contributed by atoms with Crippen LogP contribution in [-0.4, -0.2) is 0 Å². The van der Waals surface area contributed by atoms with E-state index in [1.807, 2.05) is 22.7 Å². The lowest BCUT2D eigenvalue weighted by molar-refractivity contribution is 1.28. The topological polar surface area (TPSA) is 6.48 Å². The second-order valence-electron chi connectivity index (χ2n) is 12.6. The van der Waals surface area contributed by atoms with Crippen LogP contribution in [-0.2, 0) is 0 Å². The van der Waals surface area contributed by atoms with Gasteiger partial charge in [0.2, 0.25) is 0 Å². The second-order valence-corrected chi connectivity index (χ2v) is 14.8. The minimum Gasteiger partial charge on any atom is -0.311 e. The normalized spacial score (nSPS) is 11.1. The van der Waals surface area contributed by atoms with Crippen LogP contribution < -0.4 is 9.80 Å². The van der Waals surface area contributed by atoms with Gasteiger partial charge in [-0.3, -0.25) is 0 Å². The van der Waals surface area contributed by atoms with Gasteiger partial charge >= 0.3 is 0 Å². The van der Waals surface area contributed by atoms with Crippen molar-refractivity contribution >= 4 is 67.6 Å². The molecule has 0 atom stereocenters. The number of fused-ring (bicyclic) bond motifs is 1. The Morgan fingerprint density at radius 3 is 1.06 bits per heavy atom. The molecule has 2 aromatic heterocycles. The zero-order valence-corrected chi connectivity index (χ0v) is 30.0. The second kappa shape index (κ2) is 14.2. The summed E-state index contributed by atoms with van der Waals surface area (Å²) in [4.78, 5) is 9.73. The summed E-state index contributed by atoms with van der Waals surface area (Å²) in [6.45, 7) is 0. The Balaban J connectivity index is 0.956. The van der Waals surface area contributed by atoms with Crippen molar-refractivity contribution in [3.8, 4) is 30.6 Å². The molecule has 0 N–H and O–H groups in total. The van der Waals surface area contributed by atoms with Crippen LogP contribution in [0, 0.1) is 0 Å². The highest BCUT2D eigenvalue weighted by Crippen LogP contribution is 2.43. The summed E-state index contributed by atoms with van der Waals surface area (Å²) in [5.41, 5.74) is 9.27. The molecule has 52 heavy (non-hydrogen) atoms. The van der Waals surface area contributed by atoms with Crippen LogP contribution in [0.2, 0.25) is 0 Å². The molecule has 0 saturated heterocycles. The minimum atomic E-state index is 1.13. The van der Waals surface area contributed by atoms with Crippen LogP contribution >= 0.6 is 22.7 Å². The molecule has 9 aromatic rings. The van der Waals surface area contributed by atoms with Crippen LogP contribution in [0.15, 0.2) is 206 Å². The molecule has 0 amide bonds. The number of hydrogen-bond donors (Lipinski definition) is 0. The molecule has 0 bridgehead atoms. The lowest BCUT2D eigenvalue weighted by Gasteiger charge is -2.26. The van der Waals surface area contributed by atoms with Crippen molar-refractivity contribution in [1.82, 2.24) is 0 Å². The van der Waals surface area contributed by atoms with Crippen molar-refractivity contribution in [1.29, 1.82) is 0 Å². The average Bonchev–Trinajstić information content (AvgIpc) is 3.91. The quantitative estimate of drug-likeness (QED) is 0.148. The summed E-state index contributed by atoms with van der Waals surface area (Å²) < 4.78 is 0. The number of thiophene rings is 2. The van der Waals surface area contributed by atoms with Crippen molar-refractivity contribution in [2.45, 2.75) is 0 Å². The van der Waals surface area contributed by atoms with Crippen LogP contribution in [0.3, 0.4) is 0 Å². The fraction of sp³-hybridized carbons (Fsp3) is 0. The number of rotatable bonds is 9. The Labute approximate surface area is 312 Å². The van der Waals surface area contributed by atoms with Gasteiger partial charge in [-0.15, -0.1) is 22.7 Å². The van der Waals surface area contributed by atoms with E-state index in [0.29, 0.717) is 0 Å². The Morgan fingerprint density at radius 1 is 0.250 bits per heavy atom. The van der Waals surface area contributed by atoms with Gasteiger partial charge in [0.1, 0.15) is 0 Å². The van der Waals surface area contributed by atoms with Crippen molar-refractivity contribution in [2.75, 3.05) is 9.80 Å². The van der Waals surface area contributed by atoms with Crippen molar-refractivity contribution < 1.29 is 0 Å². The Bertz CT molecular complexity index is 2520. The van der Waals surface area contributed by atoms with E-state index in [4.69, 9.17) is 0 Å². The van der Waals surface area contributed by atoms with Crippen LogP contribution in [0.4, 0.5) is 34.1 Å². The molecule has 0 spiro atoms. The zero-order chi connectivity index (χ0) is 34.7. The molecule has 0 aliphatic rings. The van der Waals surface area contributed by atoms with Gasteiger partial charge in [0.25, 0.3) is 0 Å². The first-order valence-corrected chi connectivity index (χ1v) is 19.1. The maximum Gasteiger partial charge on any atom is 0.0468 e. The maximum atomic E-state index is 2.33. The SMILES string of the molecule is c1ccc(N(c2ccccc2)c2ccc(-c3ccc(-c4ccc(-c5ccc(N(c6ccccc6)c6ccc7ccccc7c6)cc5)s4)s3)cc2)cc1. The van der Waals surface area contributed by atoms with Gasteiger partial charge in [-0.05, 0) is 119 Å². The van der Waals surface area contributed by atoms with Crippen molar-refractivity contribution in [3.05, 3.63) is 206 Å². The van der Waals surface area contributed by atoms with Gasteiger partial charge in [0.15, 0.2) is 0 Å². The summed E-state index contributed by atoms with van der Waals surface area (Å²) in [5, 5.41) is 2.48. The van der Waals surface area contributed by atoms with Gasteiger partial charge in [-0.1, -0.05) is 109 Å². The van der Waals surface area contributed by atoms with Gasteiger partial charge in [-0.2, -0.15) is 0 Å². The number of hydrogen-bond acceptors (Lipinski definition) is 4. The fourth-order valence-corrected chi connectivity index (χ4v) is 8.86. The van der Waals surface area contributed by atoms with Crippen molar-refractivity contribution in [2.24, 2.45) is 0 Å². The van der Waals surface area contributed by atoms with Gasteiger partial charge in [0, 0.05) is 53.6 Å². The summed E-state index contributed by atoms with van der Waals surface area (Å²) in [6.07, 6.45) is 0. The summed E-state index contributed by atoms with van der Waals surface area (Å²) in [5.74, 6) is 0. The summed E-state index contributed by atoms with van der Waals surface area (Å²) in [7, 11) is 0. The highest BCUT2D eigenvalue weighted by Gasteiger charge is 2.15. The molecule has 4 heteroatoms. The largest absolute Gasteiger partial charge is 0.311 e. The third kappa shape index (κ3) is 6.42. The van der Waals surface area contributed by atoms with E-state index < -0.39 is 0 Å². The van der Waals surface area contributed by atoms with E-state index in [0.717, 1.165) is 34.1 Å². The molecule has 7 aromatic carbocycles. The first-order valence-electron chi connectivity index (χ1n) is 17.4. The molecule has 0 aliphatic carbocycles. The molecule has 2 nitrogen and oxygen atoms in total. The molecule has 0 radical (unpaired) electrons. The zero-order valence-electron chi connectivity index (χ0n) is 28.3. The van der Waals surface area contributed by atoms with E-state index >= 15 is 0 Å². The standard InChI is InChI=1S/C48H34N2S2/c1-4-14-39(15-5-1)49(40-16-6-2-7-17-40)42-25-21-36(22-26-42)45-30-32-47(51-45)48-33-31-46(52-48)37-23-27-43(28-24-37)50(41-18-8-3-9-19-41)44-29-20-35-12-10-11-13-38(35)34-44/h1-34H. The molecule has 0 fully saturated rings. The Kier molecular flexibility index (Phi) is 8.67. The maximum absolute atomic E-state index is 2.33. The van der Waals surface area contributed by atoms with E-state index in [1.54, 1.807) is 0 Å². The van der Waals surface area contributed by atoms with E-state index in [9.17, 15) is 0 Å². The van der Waals surface area contributed by atoms with Gasteiger partial charge in [-0.25, -0.2) is 0 Å². The van der Waals surface area contributed by atoms with E-state index in [-0.39, 0.29) is 0 Å². The minimum absolute atomic E-state index is 1.13. The highest BCUT2D eigenvalue weighted by molar-refractivity contribution is 7.25. The molecule has 0 saturated carbocycles. The van der Waals surface area contributed by atoms with E-state index in [2.05, 4.69) is 216 Å². The fourth-order valence-electron chi connectivity index (χ4n) is 6.74. The molecule has 9 rings (SSSR count). The number of para-hydroxylation sites is 3. The molecular weight excluding hydrogens is 669 g/mol. The van der Waals surface area contributed by atoms with Crippen molar-refractivity contribution in [3.63, 3.8) is 0 Å². The van der Waals surface area contributed by atoms with E-state index in [1.165, 1.54) is 41.4 Å². The predicted octanol–water partition coefficient (Wildman–Crippen LogP) is 14.9. The molecule has 0 unspecified atom stereocenters. The molecule has 0 aliphatic heterocycles. The highest BCUT2D eigenvalue weighted by atomic mass is 32.1. The summed E-state index contributed by atoms with van der Waals surface area (Å²) >= 11 is 3.69.